The van der Waals surface area contributed by atoms with Crippen LogP contribution in [0.15, 0.2) is 23.0 Å². The second-order valence-electron chi connectivity index (χ2n) is 8.64. The number of aromatic amines is 1. The Balaban J connectivity index is 1.44. The monoisotopic (exact) mass is 438 g/mol. The molecule has 1 aromatic carbocycles. The van der Waals surface area contributed by atoms with Crippen molar-refractivity contribution in [3.05, 3.63) is 39.9 Å². The fraction of sp³-hybridized carbons (Fsp3) is 0.545. The molecule has 3 aromatic rings. The van der Waals surface area contributed by atoms with Crippen molar-refractivity contribution in [2.45, 2.75) is 44.4 Å². The van der Waals surface area contributed by atoms with Gasteiger partial charge >= 0.3 is 0 Å². The highest BCUT2D eigenvalue weighted by molar-refractivity contribution is 5.83. The quantitative estimate of drug-likeness (QED) is 0.641. The third-order valence-electron chi connectivity index (χ3n) is 6.54. The molecule has 2 aromatic heterocycles. The normalized spacial score (nSPS) is 21.9. The highest BCUT2D eigenvalue weighted by atomic mass is 16.6. The van der Waals surface area contributed by atoms with E-state index in [1.54, 1.807) is 0 Å². The Morgan fingerprint density at radius 1 is 1.06 bits per heavy atom. The van der Waals surface area contributed by atoms with Crippen LogP contribution in [0.25, 0.3) is 10.9 Å². The van der Waals surface area contributed by atoms with Crippen LogP contribution in [0.3, 0.4) is 0 Å². The first-order valence-electron chi connectivity index (χ1n) is 11.3. The van der Waals surface area contributed by atoms with Gasteiger partial charge in [-0.05, 0) is 61.3 Å². The van der Waals surface area contributed by atoms with E-state index in [9.17, 15) is 4.79 Å². The van der Waals surface area contributed by atoms with Gasteiger partial charge in [0.25, 0.3) is 5.56 Å². The van der Waals surface area contributed by atoms with E-state index in [4.69, 9.17) is 14.2 Å². The van der Waals surface area contributed by atoms with Crippen LogP contribution in [0.1, 0.15) is 43.1 Å². The Hall–Kier alpha value is -2.98. The zero-order valence-electron chi connectivity index (χ0n) is 17.8. The smallest absolute Gasteiger partial charge is 0.253 e. The van der Waals surface area contributed by atoms with E-state index in [1.165, 1.54) is 0 Å². The fourth-order valence-electron chi connectivity index (χ4n) is 4.98. The number of benzene rings is 1. The van der Waals surface area contributed by atoms with Crippen LogP contribution in [0.5, 0.6) is 11.5 Å². The summed E-state index contributed by atoms with van der Waals surface area (Å²) in [4.78, 5) is 18.6. The van der Waals surface area contributed by atoms with E-state index < -0.39 is 0 Å². The number of nitrogens with one attached hydrogen (secondary N) is 1. The molecule has 1 N–H and O–H groups in total. The Morgan fingerprint density at radius 2 is 1.88 bits per heavy atom. The van der Waals surface area contributed by atoms with Crippen molar-refractivity contribution < 1.29 is 14.2 Å². The van der Waals surface area contributed by atoms with Crippen molar-refractivity contribution in [3.8, 4) is 11.5 Å². The summed E-state index contributed by atoms with van der Waals surface area (Å²) < 4.78 is 19.0. The van der Waals surface area contributed by atoms with E-state index in [2.05, 4.69) is 25.4 Å². The molecule has 168 valence electrons. The SMILES string of the molecule is O=c1[nH]c2cc3c(cc2cc1C(c1nnnn1CC1CCCO1)N1CCCC1)OCCO3. The van der Waals surface area contributed by atoms with Gasteiger partial charge in [-0.25, -0.2) is 4.68 Å². The van der Waals surface area contributed by atoms with Crippen molar-refractivity contribution in [2.75, 3.05) is 32.9 Å². The van der Waals surface area contributed by atoms with Gasteiger partial charge in [-0.15, -0.1) is 5.10 Å². The van der Waals surface area contributed by atoms with Gasteiger partial charge in [0.15, 0.2) is 17.3 Å². The summed E-state index contributed by atoms with van der Waals surface area (Å²) in [5.74, 6) is 2.04. The second kappa shape index (κ2) is 8.18. The molecule has 0 amide bonds. The molecule has 0 radical (unpaired) electrons. The summed E-state index contributed by atoms with van der Waals surface area (Å²) in [7, 11) is 0. The summed E-state index contributed by atoms with van der Waals surface area (Å²) in [6, 6.07) is 5.39. The second-order valence-corrected chi connectivity index (χ2v) is 8.64. The molecule has 0 saturated carbocycles. The highest BCUT2D eigenvalue weighted by Gasteiger charge is 2.33. The minimum atomic E-state index is -0.324. The van der Waals surface area contributed by atoms with Crippen LogP contribution in [0.2, 0.25) is 0 Å². The van der Waals surface area contributed by atoms with Gasteiger partial charge < -0.3 is 19.2 Å². The molecule has 10 heteroatoms. The zero-order valence-corrected chi connectivity index (χ0v) is 17.8. The van der Waals surface area contributed by atoms with E-state index in [0.29, 0.717) is 42.6 Å². The third-order valence-corrected chi connectivity index (χ3v) is 6.54. The number of H-pyrrole nitrogens is 1. The number of ether oxygens (including phenoxy) is 3. The van der Waals surface area contributed by atoms with Crippen molar-refractivity contribution in [3.63, 3.8) is 0 Å². The molecule has 0 bridgehead atoms. The zero-order chi connectivity index (χ0) is 21.5. The molecular formula is C22H26N6O4. The van der Waals surface area contributed by atoms with E-state index in [1.807, 2.05) is 22.9 Å². The van der Waals surface area contributed by atoms with Gasteiger partial charge in [-0.2, -0.15) is 0 Å². The number of rotatable bonds is 5. The lowest BCUT2D eigenvalue weighted by Crippen LogP contribution is -2.34. The molecule has 2 unspecified atom stereocenters. The average molecular weight is 438 g/mol. The Labute approximate surface area is 184 Å². The van der Waals surface area contributed by atoms with Gasteiger partial charge in [0.05, 0.1) is 18.2 Å². The van der Waals surface area contributed by atoms with Gasteiger partial charge in [0, 0.05) is 23.6 Å². The molecule has 32 heavy (non-hydrogen) atoms. The molecule has 10 nitrogen and oxygen atoms in total. The number of aromatic nitrogens is 5. The van der Waals surface area contributed by atoms with Crippen molar-refractivity contribution in [2.24, 2.45) is 0 Å². The number of nitrogens with zero attached hydrogens (tertiary/aromatic N) is 5. The summed E-state index contributed by atoms with van der Waals surface area (Å²) >= 11 is 0. The molecule has 0 aliphatic carbocycles. The number of tetrazole rings is 1. The fourth-order valence-corrected chi connectivity index (χ4v) is 4.98. The third kappa shape index (κ3) is 3.53. The summed E-state index contributed by atoms with van der Waals surface area (Å²) in [6.45, 7) is 4.19. The molecule has 3 aliphatic heterocycles. The van der Waals surface area contributed by atoms with Gasteiger partial charge in [-0.3, -0.25) is 9.69 Å². The Bertz CT molecular complexity index is 1180. The molecule has 6 rings (SSSR count). The number of hydrogen-bond donors (Lipinski definition) is 1. The molecule has 2 fully saturated rings. The van der Waals surface area contributed by atoms with Gasteiger partial charge in [0.1, 0.15) is 19.3 Å². The minimum Gasteiger partial charge on any atom is -0.486 e. The van der Waals surface area contributed by atoms with Crippen molar-refractivity contribution >= 4 is 10.9 Å². The lowest BCUT2D eigenvalue weighted by Gasteiger charge is -2.27. The van der Waals surface area contributed by atoms with E-state index in [0.717, 1.165) is 56.3 Å². The lowest BCUT2D eigenvalue weighted by molar-refractivity contribution is 0.0912. The van der Waals surface area contributed by atoms with Gasteiger partial charge in [-0.1, -0.05) is 0 Å². The summed E-state index contributed by atoms with van der Waals surface area (Å²) in [5, 5.41) is 13.5. The molecular weight excluding hydrogens is 412 g/mol. The molecule has 2 atom stereocenters. The summed E-state index contributed by atoms with van der Waals surface area (Å²) in [5.41, 5.74) is 1.22. The largest absolute Gasteiger partial charge is 0.486 e. The topological polar surface area (TPSA) is 107 Å². The van der Waals surface area contributed by atoms with E-state index in [-0.39, 0.29) is 17.7 Å². The van der Waals surface area contributed by atoms with Crippen LogP contribution in [-0.2, 0) is 11.3 Å². The van der Waals surface area contributed by atoms with Crippen LogP contribution >= 0.6 is 0 Å². The maximum atomic E-state index is 13.3. The van der Waals surface area contributed by atoms with Crippen LogP contribution in [-0.4, -0.2) is 69.1 Å². The molecule has 2 saturated heterocycles. The molecule has 3 aliphatic rings. The first-order chi connectivity index (χ1) is 15.8. The average Bonchev–Trinajstić information content (AvgIpc) is 3.58. The number of fused-ring (bicyclic) bond motifs is 2. The number of likely N-dealkylation sites (tertiary alicyclic amines) is 1. The number of pyridine rings is 1. The lowest BCUT2D eigenvalue weighted by atomic mass is 10.0. The van der Waals surface area contributed by atoms with Crippen LogP contribution in [0.4, 0.5) is 0 Å². The van der Waals surface area contributed by atoms with Crippen LogP contribution < -0.4 is 15.0 Å². The van der Waals surface area contributed by atoms with Gasteiger partial charge in [0.2, 0.25) is 0 Å². The highest BCUT2D eigenvalue weighted by Crippen LogP contribution is 2.35. The number of hydrogen-bond acceptors (Lipinski definition) is 8. The Morgan fingerprint density at radius 3 is 2.66 bits per heavy atom. The first kappa shape index (κ1) is 19.7. The Kier molecular flexibility index (Phi) is 5.03. The van der Waals surface area contributed by atoms with Crippen molar-refractivity contribution in [1.82, 2.24) is 30.1 Å². The maximum absolute atomic E-state index is 13.3. The van der Waals surface area contributed by atoms with Crippen LogP contribution in [0, 0.1) is 0 Å². The standard InChI is InChI=1S/C22H26N6O4/c29-22-16(10-14-11-18-19(12-17(14)23-22)32-9-8-31-18)20(27-5-1-2-6-27)21-24-25-26-28(21)13-15-4-3-7-30-15/h10-12,15,20H,1-9,13H2,(H,23,29). The maximum Gasteiger partial charge on any atom is 0.253 e. The predicted molar refractivity (Wildman–Crippen MR) is 115 cm³/mol. The summed E-state index contributed by atoms with van der Waals surface area (Å²) in [6.07, 6.45) is 4.34. The minimum absolute atomic E-state index is 0.107. The first-order valence-corrected chi connectivity index (χ1v) is 11.3. The molecule has 0 spiro atoms. The van der Waals surface area contributed by atoms with Crippen molar-refractivity contribution in [1.29, 1.82) is 0 Å². The molecule has 5 heterocycles. The van der Waals surface area contributed by atoms with E-state index >= 15 is 0 Å². The predicted octanol–water partition coefficient (Wildman–Crippen LogP) is 1.65.